The number of aryl methyl sites for hydroxylation is 1. The number of rotatable bonds is 4. The van der Waals surface area contributed by atoms with Crippen molar-refractivity contribution in [2.75, 3.05) is 6.61 Å². The molecule has 0 aliphatic heterocycles. The van der Waals surface area contributed by atoms with Crippen molar-refractivity contribution in [2.24, 2.45) is 0 Å². The van der Waals surface area contributed by atoms with Crippen LogP contribution in [0.2, 0.25) is 0 Å². The Balaban J connectivity index is 2.99. The number of nitrogens with zero attached hydrogens (tertiary/aromatic N) is 1. The monoisotopic (exact) mass is 195 g/mol. The van der Waals surface area contributed by atoms with Crippen molar-refractivity contribution in [3.8, 4) is 5.75 Å². The van der Waals surface area contributed by atoms with E-state index in [1.165, 1.54) is 0 Å². The van der Waals surface area contributed by atoms with E-state index in [0.717, 1.165) is 23.3 Å². The SMILES string of the molecule is CCCOc1c(C)cnc(CO)c1C. The van der Waals surface area contributed by atoms with Gasteiger partial charge in [0.2, 0.25) is 0 Å². The number of aromatic nitrogens is 1. The van der Waals surface area contributed by atoms with Gasteiger partial charge in [0, 0.05) is 17.3 Å². The Hall–Kier alpha value is -1.09. The van der Waals surface area contributed by atoms with Gasteiger partial charge in [-0.3, -0.25) is 4.98 Å². The Kier molecular flexibility index (Phi) is 3.89. The molecule has 1 rings (SSSR count). The van der Waals surface area contributed by atoms with E-state index in [9.17, 15) is 0 Å². The molecule has 0 atom stereocenters. The molecule has 0 amide bonds. The van der Waals surface area contributed by atoms with Gasteiger partial charge in [-0.05, 0) is 20.3 Å². The molecule has 0 unspecified atom stereocenters. The molecule has 0 saturated heterocycles. The summed E-state index contributed by atoms with van der Waals surface area (Å²) in [5.41, 5.74) is 2.66. The molecule has 1 heterocycles. The van der Waals surface area contributed by atoms with Gasteiger partial charge in [-0.2, -0.15) is 0 Å². The number of pyridine rings is 1. The summed E-state index contributed by atoms with van der Waals surface area (Å²) in [6.45, 7) is 6.63. The van der Waals surface area contributed by atoms with Crippen LogP contribution in [-0.4, -0.2) is 16.7 Å². The molecule has 3 heteroatoms. The van der Waals surface area contributed by atoms with E-state index in [2.05, 4.69) is 11.9 Å². The minimum Gasteiger partial charge on any atom is -0.493 e. The third-order valence-electron chi connectivity index (χ3n) is 2.15. The van der Waals surface area contributed by atoms with E-state index in [4.69, 9.17) is 9.84 Å². The van der Waals surface area contributed by atoms with Crippen LogP contribution in [0.3, 0.4) is 0 Å². The average molecular weight is 195 g/mol. The Morgan fingerprint density at radius 3 is 2.71 bits per heavy atom. The zero-order valence-corrected chi connectivity index (χ0v) is 9.00. The first-order valence-electron chi connectivity index (χ1n) is 4.89. The fourth-order valence-corrected chi connectivity index (χ4v) is 1.34. The van der Waals surface area contributed by atoms with E-state index < -0.39 is 0 Å². The molecule has 0 aliphatic carbocycles. The molecule has 1 aromatic rings. The minimum absolute atomic E-state index is 0.0331. The van der Waals surface area contributed by atoms with Crippen LogP contribution in [0.1, 0.15) is 30.2 Å². The smallest absolute Gasteiger partial charge is 0.128 e. The van der Waals surface area contributed by atoms with Crippen LogP contribution in [0, 0.1) is 13.8 Å². The lowest BCUT2D eigenvalue weighted by Gasteiger charge is -2.12. The van der Waals surface area contributed by atoms with E-state index in [-0.39, 0.29) is 6.61 Å². The lowest BCUT2D eigenvalue weighted by Crippen LogP contribution is -2.03. The summed E-state index contributed by atoms with van der Waals surface area (Å²) < 4.78 is 5.61. The van der Waals surface area contributed by atoms with Crippen LogP contribution in [0.25, 0.3) is 0 Å². The molecule has 1 aromatic heterocycles. The molecule has 0 aromatic carbocycles. The quantitative estimate of drug-likeness (QED) is 0.798. The molecule has 78 valence electrons. The Morgan fingerprint density at radius 2 is 2.14 bits per heavy atom. The van der Waals surface area contributed by atoms with Gasteiger partial charge in [-0.25, -0.2) is 0 Å². The molecule has 0 saturated carbocycles. The zero-order valence-electron chi connectivity index (χ0n) is 9.00. The molecule has 0 spiro atoms. The predicted molar refractivity (Wildman–Crippen MR) is 55.4 cm³/mol. The third kappa shape index (κ3) is 2.23. The van der Waals surface area contributed by atoms with Gasteiger partial charge in [-0.1, -0.05) is 6.92 Å². The van der Waals surface area contributed by atoms with Gasteiger partial charge in [0.05, 0.1) is 18.9 Å². The van der Waals surface area contributed by atoms with Crippen molar-refractivity contribution >= 4 is 0 Å². The van der Waals surface area contributed by atoms with Gasteiger partial charge in [-0.15, -0.1) is 0 Å². The average Bonchev–Trinajstić information content (AvgIpc) is 2.18. The molecule has 1 N–H and O–H groups in total. The largest absolute Gasteiger partial charge is 0.493 e. The summed E-state index contributed by atoms with van der Waals surface area (Å²) in [6, 6.07) is 0. The maximum Gasteiger partial charge on any atom is 0.128 e. The number of aliphatic hydroxyl groups excluding tert-OH is 1. The van der Waals surface area contributed by atoms with Crippen molar-refractivity contribution in [2.45, 2.75) is 33.8 Å². The lowest BCUT2D eigenvalue weighted by molar-refractivity contribution is 0.272. The second-order valence-corrected chi connectivity index (χ2v) is 3.35. The number of ether oxygens (including phenoxy) is 1. The summed E-state index contributed by atoms with van der Waals surface area (Å²) in [5, 5.41) is 9.04. The molecule has 3 nitrogen and oxygen atoms in total. The summed E-state index contributed by atoms with van der Waals surface area (Å²) in [6.07, 6.45) is 2.72. The molecule has 0 bridgehead atoms. The standard InChI is InChI=1S/C11H17NO2/c1-4-5-14-11-8(2)6-12-10(7-13)9(11)3/h6,13H,4-5,7H2,1-3H3. The van der Waals surface area contributed by atoms with E-state index in [1.54, 1.807) is 6.20 Å². The first-order valence-corrected chi connectivity index (χ1v) is 4.89. The normalized spacial score (nSPS) is 10.3. The van der Waals surface area contributed by atoms with Crippen molar-refractivity contribution in [1.82, 2.24) is 4.98 Å². The van der Waals surface area contributed by atoms with Crippen LogP contribution in [0.5, 0.6) is 5.75 Å². The van der Waals surface area contributed by atoms with Crippen LogP contribution >= 0.6 is 0 Å². The maximum atomic E-state index is 9.04. The summed E-state index contributed by atoms with van der Waals surface area (Å²) in [5.74, 6) is 0.867. The summed E-state index contributed by atoms with van der Waals surface area (Å²) in [4.78, 5) is 4.14. The van der Waals surface area contributed by atoms with E-state index in [0.29, 0.717) is 12.3 Å². The highest BCUT2D eigenvalue weighted by Gasteiger charge is 2.08. The summed E-state index contributed by atoms with van der Waals surface area (Å²) in [7, 11) is 0. The molecule has 0 fully saturated rings. The number of hydrogen-bond donors (Lipinski definition) is 1. The second kappa shape index (κ2) is 4.96. The minimum atomic E-state index is -0.0331. The number of hydrogen-bond acceptors (Lipinski definition) is 3. The number of aliphatic hydroxyl groups is 1. The molecule has 0 aliphatic rings. The van der Waals surface area contributed by atoms with Gasteiger partial charge in [0.15, 0.2) is 0 Å². The van der Waals surface area contributed by atoms with Gasteiger partial charge in [0.25, 0.3) is 0 Å². The molecule has 14 heavy (non-hydrogen) atoms. The van der Waals surface area contributed by atoms with Gasteiger partial charge < -0.3 is 9.84 Å². The highest BCUT2D eigenvalue weighted by atomic mass is 16.5. The van der Waals surface area contributed by atoms with Crippen LogP contribution in [0.4, 0.5) is 0 Å². The lowest BCUT2D eigenvalue weighted by atomic mass is 10.1. The molecule has 0 radical (unpaired) electrons. The zero-order chi connectivity index (χ0) is 10.6. The topological polar surface area (TPSA) is 42.4 Å². The van der Waals surface area contributed by atoms with Crippen LogP contribution in [-0.2, 0) is 6.61 Å². The summed E-state index contributed by atoms with van der Waals surface area (Å²) >= 11 is 0. The Morgan fingerprint density at radius 1 is 1.43 bits per heavy atom. The maximum absolute atomic E-state index is 9.04. The Labute approximate surface area is 84.7 Å². The van der Waals surface area contributed by atoms with E-state index >= 15 is 0 Å². The second-order valence-electron chi connectivity index (χ2n) is 3.35. The van der Waals surface area contributed by atoms with Crippen molar-refractivity contribution in [3.05, 3.63) is 23.0 Å². The van der Waals surface area contributed by atoms with Crippen molar-refractivity contribution in [3.63, 3.8) is 0 Å². The van der Waals surface area contributed by atoms with Crippen molar-refractivity contribution in [1.29, 1.82) is 0 Å². The Bertz CT molecular complexity index is 310. The highest BCUT2D eigenvalue weighted by molar-refractivity contribution is 5.40. The van der Waals surface area contributed by atoms with E-state index in [1.807, 2.05) is 13.8 Å². The predicted octanol–water partition coefficient (Wildman–Crippen LogP) is 1.98. The molecular weight excluding hydrogens is 178 g/mol. The van der Waals surface area contributed by atoms with Gasteiger partial charge >= 0.3 is 0 Å². The highest BCUT2D eigenvalue weighted by Crippen LogP contribution is 2.24. The fourth-order valence-electron chi connectivity index (χ4n) is 1.34. The van der Waals surface area contributed by atoms with Crippen LogP contribution in [0.15, 0.2) is 6.20 Å². The van der Waals surface area contributed by atoms with Crippen molar-refractivity contribution < 1.29 is 9.84 Å². The fraction of sp³-hybridized carbons (Fsp3) is 0.545. The first-order chi connectivity index (χ1) is 6.70. The molecular formula is C11H17NO2. The van der Waals surface area contributed by atoms with Crippen LogP contribution < -0.4 is 4.74 Å². The third-order valence-corrected chi connectivity index (χ3v) is 2.15. The van der Waals surface area contributed by atoms with Gasteiger partial charge in [0.1, 0.15) is 5.75 Å². The first kappa shape index (κ1) is 11.0.